The predicted octanol–water partition coefficient (Wildman–Crippen LogP) is 3.16. The fourth-order valence-corrected chi connectivity index (χ4v) is 2.67. The molecular formula is C13H16O2S. The van der Waals surface area contributed by atoms with E-state index in [1.54, 1.807) is 0 Å². The van der Waals surface area contributed by atoms with Crippen LogP contribution in [0.5, 0.6) is 0 Å². The number of hydrogen-bond donors (Lipinski definition) is 2. The van der Waals surface area contributed by atoms with Gasteiger partial charge in [0, 0.05) is 4.90 Å². The highest BCUT2D eigenvalue weighted by atomic mass is 32.1. The van der Waals surface area contributed by atoms with Gasteiger partial charge in [-0.3, -0.25) is 4.79 Å². The molecule has 86 valence electrons. The Morgan fingerprint density at radius 3 is 2.31 bits per heavy atom. The number of carboxylic acids is 1. The Balaban J connectivity index is 2.18. The second kappa shape index (κ2) is 4.50. The lowest BCUT2D eigenvalue weighted by atomic mass is 9.80. The molecule has 1 aromatic rings. The molecule has 0 atom stereocenters. The zero-order valence-electron chi connectivity index (χ0n) is 9.15. The Hall–Kier alpha value is -0.960. The van der Waals surface area contributed by atoms with Crippen LogP contribution in [0.25, 0.3) is 0 Å². The van der Waals surface area contributed by atoms with E-state index in [1.807, 2.05) is 24.3 Å². The second-order valence-corrected chi connectivity index (χ2v) is 5.15. The lowest BCUT2D eigenvalue weighted by molar-refractivity contribution is -0.148. The number of benzene rings is 1. The third-order valence-electron chi connectivity index (χ3n) is 3.49. The fraction of sp³-hybridized carbons (Fsp3) is 0.462. The monoisotopic (exact) mass is 236 g/mol. The molecule has 2 rings (SSSR count). The molecule has 0 spiro atoms. The van der Waals surface area contributed by atoms with Crippen molar-refractivity contribution in [3.05, 3.63) is 29.8 Å². The molecule has 1 aliphatic rings. The summed E-state index contributed by atoms with van der Waals surface area (Å²) in [5.74, 6) is -0.639. The first-order chi connectivity index (χ1) is 7.62. The molecule has 2 nitrogen and oxygen atoms in total. The van der Waals surface area contributed by atoms with Crippen molar-refractivity contribution in [3.63, 3.8) is 0 Å². The van der Waals surface area contributed by atoms with Gasteiger partial charge in [-0.15, -0.1) is 12.6 Å². The summed E-state index contributed by atoms with van der Waals surface area (Å²) >= 11 is 4.23. The van der Waals surface area contributed by atoms with Gasteiger partial charge in [-0.05, 0) is 37.0 Å². The van der Waals surface area contributed by atoms with Crippen LogP contribution in [0.4, 0.5) is 0 Å². The van der Waals surface area contributed by atoms with Crippen molar-refractivity contribution in [2.45, 2.75) is 37.0 Å². The van der Waals surface area contributed by atoms with Crippen LogP contribution in [0.1, 0.15) is 31.2 Å². The predicted molar refractivity (Wildman–Crippen MR) is 65.9 cm³/mol. The van der Waals surface area contributed by atoms with Gasteiger partial charge in [0.1, 0.15) is 0 Å². The number of carbonyl (C=O) groups is 1. The average molecular weight is 236 g/mol. The topological polar surface area (TPSA) is 37.3 Å². The van der Waals surface area contributed by atoms with Crippen molar-refractivity contribution in [2.24, 2.45) is 5.41 Å². The van der Waals surface area contributed by atoms with Crippen LogP contribution in [0.2, 0.25) is 0 Å². The van der Waals surface area contributed by atoms with Crippen molar-refractivity contribution in [2.75, 3.05) is 0 Å². The van der Waals surface area contributed by atoms with Crippen molar-refractivity contribution in [1.29, 1.82) is 0 Å². The maximum Gasteiger partial charge on any atom is 0.309 e. The Kier molecular flexibility index (Phi) is 3.24. The molecule has 0 heterocycles. The lowest BCUT2D eigenvalue weighted by Gasteiger charge is -2.23. The number of carboxylic acid groups (broad SMARTS) is 1. The first kappa shape index (κ1) is 11.5. The van der Waals surface area contributed by atoms with E-state index in [1.165, 1.54) is 0 Å². The highest BCUT2D eigenvalue weighted by Crippen LogP contribution is 2.41. The fourth-order valence-electron chi connectivity index (χ4n) is 2.52. The minimum atomic E-state index is -0.639. The van der Waals surface area contributed by atoms with E-state index in [2.05, 4.69) is 12.6 Å². The van der Waals surface area contributed by atoms with Gasteiger partial charge in [-0.25, -0.2) is 0 Å². The highest BCUT2D eigenvalue weighted by molar-refractivity contribution is 7.80. The zero-order chi connectivity index (χ0) is 11.6. The van der Waals surface area contributed by atoms with Crippen LogP contribution in [0.3, 0.4) is 0 Å². The molecule has 16 heavy (non-hydrogen) atoms. The van der Waals surface area contributed by atoms with Gasteiger partial charge >= 0.3 is 5.97 Å². The van der Waals surface area contributed by atoms with Crippen molar-refractivity contribution < 1.29 is 9.90 Å². The Morgan fingerprint density at radius 2 is 1.81 bits per heavy atom. The average Bonchev–Trinajstić information content (AvgIpc) is 2.71. The first-order valence-corrected chi connectivity index (χ1v) is 6.08. The summed E-state index contributed by atoms with van der Waals surface area (Å²) < 4.78 is 0. The van der Waals surface area contributed by atoms with E-state index in [4.69, 9.17) is 0 Å². The summed E-state index contributed by atoms with van der Waals surface area (Å²) in [5.41, 5.74) is 0.583. The Morgan fingerprint density at radius 1 is 1.25 bits per heavy atom. The summed E-state index contributed by atoms with van der Waals surface area (Å²) in [6, 6.07) is 7.79. The molecule has 1 saturated carbocycles. The normalized spacial score (nSPS) is 18.6. The number of hydrogen-bond acceptors (Lipinski definition) is 2. The summed E-state index contributed by atoms with van der Waals surface area (Å²) in [6.45, 7) is 0. The molecule has 0 aromatic heterocycles. The molecule has 0 unspecified atom stereocenters. The van der Waals surface area contributed by atoms with Gasteiger partial charge in [0.25, 0.3) is 0 Å². The van der Waals surface area contributed by atoms with E-state index in [9.17, 15) is 9.90 Å². The minimum Gasteiger partial charge on any atom is -0.481 e. The Bertz CT molecular complexity index is 377. The smallest absolute Gasteiger partial charge is 0.309 e. The Labute approximate surface area is 101 Å². The van der Waals surface area contributed by atoms with E-state index in [0.29, 0.717) is 6.42 Å². The molecule has 0 bridgehead atoms. The van der Waals surface area contributed by atoms with E-state index in [-0.39, 0.29) is 0 Å². The third-order valence-corrected chi connectivity index (χ3v) is 3.79. The van der Waals surface area contributed by atoms with Crippen LogP contribution in [0, 0.1) is 5.41 Å². The third kappa shape index (κ3) is 2.24. The van der Waals surface area contributed by atoms with E-state index in [0.717, 1.165) is 36.1 Å². The largest absolute Gasteiger partial charge is 0.481 e. The quantitative estimate of drug-likeness (QED) is 0.791. The molecular weight excluding hydrogens is 220 g/mol. The molecule has 0 amide bonds. The molecule has 1 aromatic carbocycles. The molecule has 1 aliphatic carbocycles. The van der Waals surface area contributed by atoms with Crippen LogP contribution in [-0.4, -0.2) is 11.1 Å². The van der Waals surface area contributed by atoms with E-state index >= 15 is 0 Å². The van der Waals surface area contributed by atoms with Crippen LogP contribution in [-0.2, 0) is 11.2 Å². The molecule has 0 radical (unpaired) electrons. The SMILES string of the molecule is O=C(O)C1(Cc2ccc(S)cc2)CCCC1. The molecule has 3 heteroatoms. The minimum absolute atomic E-state index is 0.516. The van der Waals surface area contributed by atoms with Gasteiger partial charge in [0.15, 0.2) is 0 Å². The maximum atomic E-state index is 11.4. The summed E-state index contributed by atoms with van der Waals surface area (Å²) in [7, 11) is 0. The molecule has 1 N–H and O–H groups in total. The summed E-state index contributed by atoms with van der Waals surface area (Å²) in [6.07, 6.45) is 4.35. The summed E-state index contributed by atoms with van der Waals surface area (Å²) in [4.78, 5) is 12.3. The van der Waals surface area contributed by atoms with Gasteiger partial charge in [-0.1, -0.05) is 25.0 Å². The number of rotatable bonds is 3. The van der Waals surface area contributed by atoms with Gasteiger partial charge in [0.05, 0.1) is 5.41 Å². The highest BCUT2D eigenvalue weighted by Gasteiger charge is 2.41. The standard InChI is InChI=1S/C13H16O2S/c14-12(15)13(7-1-2-8-13)9-10-3-5-11(16)6-4-10/h3-6,16H,1-2,7-9H2,(H,14,15). The maximum absolute atomic E-state index is 11.4. The van der Waals surface area contributed by atoms with Gasteiger partial charge in [0.2, 0.25) is 0 Å². The lowest BCUT2D eigenvalue weighted by Crippen LogP contribution is -2.30. The number of thiol groups is 1. The van der Waals surface area contributed by atoms with Crippen LogP contribution in [0.15, 0.2) is 29.2 Å². The van der Waals surface area contributed by atoms with Crippen molar-refractivity contribution >= 4 is 18.6 Å². The zero-order valence-corrected chi connectivity index (χ0v) is 10.0. The van der Waals surface area contributed by atoms with E-state index < -0.39 is 11.4 Å². The first-order valence-electron chi connectivity index (χ1n) is 5.64. The molecule has 1 fully saturated rings. The second-order valence-electron chi connectivity index (χ2n) is 4.64. The van der Waals surface area contributed by atoms with Gasteiger partial charge in [-0.2, -0.15) is 0 Å². The number of aliphatic carboxylic acids is 1. The summed E-state index contributed by atoms with van der Waals surface area (Å²) in [5, 5.41) is 9.36. The van der Waals surface area contributed by atoms with Crippen molar-refractivity contribution in [3.8, 4) is 0 Å². The van der Waals surface area contributed by atoms with Crippen molar-refractivity contribution in [1.82, 2.24) is 0 Å². The van der Waals surface area contributed by atoms with Gasteiger partial charge < -0.3 is 5.11 Å². The van der Waals surface area contributed by atoms with Crippen LogP contribution >= 0.6 is 12.6 Å². The molecule has 0 saturated heterocycles. The molecule has 0 aliphatic heterocycles. The van der Waals surface area contributed by atoms with Crippen LogP contribution < -0.4 is 0 Å².